The third kappa shape index (κ3) is 3.87. The Morgan fingerprint density at radius 1 is 1.21 bits per heavy atom. The van der Waals surface area contributed by atoms with E-state index in [1.165, 1.54) is 6.07 Å². The molecule has 2 N–H and O–H groups in total. The van der Waals surface area contributed by atoms with Gasteiger partial charge in [0.2, 0.25) is 5.95 Å². The standard InChI is InChI=1S/C20H22F3N5O/c1-2-27-9-3-5-14(12-27)24-19-26-25-18-16(6-4-10-28(18)19)15-8-7-13(11-17(15)29)20(21,22)23/h4,6-8,10-11,14,29H,2-3,5,9,12H2,1H3,(H,24,26)/t14-/m1/s1. The van der Waals surface area contributed by atoms with Crippen molar-refractivity contribution in [3.8, 4) is 16.9 Å². The fourth-order valence-electron chi connectivity index (χ4n) is 3.80. The van der Waals surface area contributed by atoms with Gasteiger partial charge in [-0.3, -0.25) is 4.40 Å². The van der Waals surface area contributed by atoms with E-state index in [1.807, 2.05) is 0 Å². The fraction of sp³-hybridized carbons (Fsp3) is 0.400. The predicted molar refractivity (Wildman–Crippen MR) is 104 cm³/mol. The molecule has 0 aliphatic carbocycles. The first-order chi connectivity index (χ1) is 13.9. The van der Waals surface area contributed by atoms with E-state index < -0.39 is 17.5 Å². The second-order valence-corrected chi connectivity index (χ2v) is 7.25. The van der Waals surface area contributed by atoms with E-state index in [9.17, 15) is 18.3 Å². The fourth-order valence-corrected chi connectivity index (χ4v) is 3.80. The van der Waals surface area contributed by atoms with Gasteiger partial charge in [-0.1, -0.05) is 6.92 Å². The lowest BCUT2D eigenvalue weighted by Crippen LogP contribution is -2.42. The average Bonchev–Trinajstić information content (AvgIpc) is 3.10. The molecule has 3 aromatic rings. The summed E-state index contributed by atoms with van der Waals surface area (Å²) in [5, 5.41) is 22.1. The van der Waals surface area contributed by atoms with Crippen molar-refractivity contribution in [1.82, 2.24) is 19.5 Å². The minimum Gasteiger partial charge on any atom is -0.507 e. The smallest absolute Gasteiger partial charge is 0.416 e. The SMILES string of the molecule is CCN1CCC[C@@H](Nc2nnc3c(-c4ccc(C(F)(F)F)cc4O)cccn23)C1. The molecule has 2 aromatic heterocycles. The van der Waals surface area contributed by atoms with Crippen molar-refractivity contribution in [3.05, 3.63) is 42.1 Å². The summed E-state index contributed by atoms with van der Waals surface area (Å²) < 4.78 is 40.4. The van der Waals surface area contributed by atoms with Gasteiger partial charge in [0.25, 0.3) is 0 Å². The number of phenolic OH excluding ortho intramolecular Hbond substituents is 1. The second kappa shape index (κ2) is 7.55. The molecule has 3 heterocycles. The Balaban J connectivity index is 1.66. The lowest BCUT2D eigenvalue weighted by Gasteiger charge is -2.32. The molecule has 4 rings (SSSR count). The molecule has 1 atom stereocenters. The molecule has 9 heteroatoms. The van der Waals surface area contributed by atoms with Gasteiger partial charge in [0.1, 0.15) is 5.75 Å². The monoisotopic (exact) mass is 405 g/mol. The Bertz CT molecular complexity index is 1020. The highest BCUT2D eigenvalue weighted by Crippen LogP contribution is 2.37. The molecule has 1 aliphatic heterocycles. The van der Waals surface area contributed by atoms with Crippen LogP contribution in [0, 0.1) is 0 Å². The van der Waals surface area contributed by atoms with Gasteiger partial charge < -0.3 is 15.3 Å². The van der Waals surface area contributed by atoms with Gasteiger partial charge in [-0.05, 0) is 56.3 Å². The number of anilines is 1. The Morgan fingerprint density at radius 2 is 2.03 bits per heavy atom. The molecule has 0 bridgehead atoms. The zero-order valence-corrected chi connectivity index (χ0v) is 15.9. The minimum atomic E-state index is -4.51. The summed E-state index contributed by atoms with van der Waals surface area (Å²) in [6.07, 6.45) is -0.583. The quantitative estimate of drug-likeness (QED) is 0.687. The Hall–Kier alpha value is -2.81. The molecule has 1 fully saturated rings. The molecule has 0 amide bonds. The Labute approximate surface area is 166 Å². The van der Waals surface area contributed by atoms with Gasteiger partial charge in [-0.2, -0.15) is 13.2 Å². The number of rotatable bonds is 4. The first kappa shape index (κ1) is 19.5. The number of nitrogens with one attached hydrogen (secondary N) is 1. The first-order valence-corrected chi connectivity index (χ1v) is 9.60. The Morgan fingerprint density at radius 3 is 2.76 bits per heavy atom. The molecule has 1 aliphatic rings. The van der Waals surface area contributed by atoms with Crippen molar-refractivity contribution in [2.45, 2.75) is 32.0 Å². The highest BCUT2D eigenvalue weighted by Gasteiger charge is 2.31. The van der Waals surface area contributed by atoms with Crippen LogP contribution in [-0.4, -0.2) is 50.3 Å². The summed E-state index contributed by atoms with van der Waals surface area (Å²) in [7, 11) is 0. The topological polar surface area (TPSA) is 65.7 Å². The number of alkyl halides is 3. The molecule has 1 aromatic carbocycles. The van der Waals surface area contributed by atoms with E-state index >= 15 is 0 Å². The van der Waals surface area contributed by atoms with Crippen molar-refractivity contribution in [3.63, 3.8) is 0 Å². The van der Waals surface area contributed by atoms with Crippen molar-refractivity contribution in [1.29, 1.82) is 0 Å². The van der Waals surface area contributed by atoms with Crippen LogP contribution in [-0.2, 0) is 6.18 Å². The molecule has 0 unspecified atom stereocenters. The number of benzene rings is 1. The number of piperidine rings is 1. The predicted octanol–water partition coefficient (Wildman–Crippen LogP) is 4.02. The van der Waals surface area contributed by atoms with Crippen LogP contribution in [0.5, 0.6) is 5.75 Å². The van der Waals surface area contributed by atoms with E-state index in [1.54, 1.807) is 22.7 Å². The molecule has 29 heavy (non-hydrogen) atoms. The van der Waals surface area contributed by atoms with E-state index in [4.69, 9.17) is 0 Å². The van der Waals surface area contributed by atoms with E-state index in [0.29, 0.717) is 17.2 Å². The van der Waals surface area contributed by atoms with Crippen molar-refractivity contribution < 1.29 is 18.3 Å². The average molecular weight is 405 g/mol. The maximum absolute atomic E-state index is 12.9. The maximum Gasteiger partial charge on any atom is 0.416 e. The molecular formula is C20H22F3N5O. The zero-order chi connectivity index (χ0) is 20.6. The largest absolute Gasteiger partial charge is 0.507 e. The molecule has 0 saturated carbocycles. The van der Waals surface area contributed by atoms with E-state index in [0.717, 1.165) is 44.6 Å². The van der Waals surface area contributed by atoms with Crippen LogP contribution in [0.1, 0.15) is 25.3 Å². The number of aromatic hydroxyl groups is 1. The number of pyridine rings is 1. The van der Waals surface area contributed by atoms with E-state index in [2.05, 4.69) is 27.3 Å². The molecule has 154 valence electrons. The van der Waals surface area contributed by atoms with Gasteiger partial charge in [-0.25, -0.2) is 0 Å². The zero-order valence-electron chi connectivity index (χ0n) is 15.9. The van der Waals surface area contributed by atoms with Crippen LogP contribution in [0.3, 0.4) is 0 Å². The summed E-state index contributed by atoms with van der Waals surface area (Å²) >= 11 is 0. The summed E-state index contributed by atoms with van der Waals surface area (Å²) in [6, 6.07) is 6.66. The number of nitrogens with zero attached hydrogens (tertiary/aromatic N) is 4. The second-order valence-electron chi connectivity index (χ2n) is 7.25. The summed E-state index contributed by atoms with van der Waals surface area (Å²) in [4.78, 5) is 2.37. The summed E-state index contributed by atoms with van der Waals surface area (Å²) in [5.41, 5.74) is 0.357. The summed E-state index contributed by atoms with van der Waals surface area (Å²) in [6.45, 7) is 5.14. The number of halogens is 3. The first-order valence-electron chi connectivity index (χ1n) is 9.60. The van der Waals surface area contributed by atoms with Crippen LogP contribution < -0.4 is 5.32 Å². The number of fused-ring (bicyclic) bond motifs is 1. The third-order valence-corrected chi connectivity index (χ3v) is 5.34. The number of phenols is 1. The van der Waals surface area contributed by atoms with Crippen molar-refractivity contribution in [2.24, 2.45) is 0 Å². The number of likely N-dealkylation sites (N-methyl/N-ethyl adjacent to an activating group) is 1. The molecule has 6 nitrogen and oxygen atoms in total. The van der Waals surface area contributed by atoms with Crippen LogP contribution in [0.25, 0.3) is 16.8 Å². The number of hydrogen-bond acceptors (Lipinski definition) is 5. The van der Waals surface area contributed by atoms with Crippen molar-refractivity contribution in [2.75, 3.05) is 25.0 Å². The highest BCUT2D eigenvalue weighted by molar-refractivity contribution is 5.82. The van der Waals surface area contributed by atoms with Gasteiger partial charge in [-0.15, -0.1) is 10.2 Å². The normalized spacial score (nSPS) is 18.3. The lowest BCUT2D eigenvalue weighted by atomic mass is 10.0. The molecular weight excluding hydrogens is 383 g/mol. The van der Waals surface area contributed by atoms with Gasteiger partial charge in [0.05, 0.1) is 5.56 Å². The lowest BCUT2D eigenvalue weighted by molar-refractivity contribution is -0.137. The van der Waals surface area contributed by atoms with Crippen LogP contribution >= 0.6 is 0 Å². The van der Waals surface area contributed by atoms with Crippen LogP contribution in [0.2, 0.25) is 0 Å². The van der Waals surface area contributed by atoms with E-state index in [-0.39, 0.29) is 11.6 Å². The molecule has 1 saturated heterocycles. The van der Waals surface area contributed by atoms with Gasteiger partial charge in [0, 0.05) is 29.9 Å². The number of hydrogen-bond donors (Lipinski definition) is 2. The van der Waals surface area contributed by atoms with Crippen molar-refractivity contribution >= 4 is 11.6 Å². The Kier molecular flexibility index (Phi) is 5.08. The maximum atomic E-state index is 12.9. The highest BCUT2D eigenvalue weighted by atomic mass is 19.4. The molecule has 0 spiro atoms. The number of aromatic nitrogens is 3. The minimum absolute atomic E-state index is 0.249. The third-order valence-electron chi connectivity index (χ3n) is 5.34. The van der Waals surface area contributed by atoms with Gasteiger partial charge >= 0.3 is 6.18 Å². The van der Waals surface area contributed by atoms with Gasteiger partial charge in [0.15, 0.2) is 5.65 Å². The van der Waals surface area contributed by atoms with Crippen LogP contribution in [0.15, 0.2) is 36.5 Å². The number of likely N-dealkylation sites (tertiary alicyclic amines) is 1. The van der Waals surface area contributed by atoms with Crippen LogP contribution in [0.4, 0.5) is 19.1 Å². The molecule has 0 radical (unpaired) electrons. The summed E-state index contributed by atoms with van der Waals surface area (Å²) in [5.74, 6) is 0.132.